The summed E-state index contributed by atoms with van der Waals surface area (Å²) in [5.74, 6) is 2.14. The van der Waals surface area contributed by atoms with Crippen molar-refractivity contribution >= 4 is 11.8 Å². The first-order chi connectivity index (χ1) is 8.70. The van der Waals surface area contributed by atoms with E-state index in [9.17, 15) is 0 Å². The first kappa shape index (κ1) is 15.4. The molecule has 0 aromatic carbocycles. The van der Waals surface area contributed by atoms with Crippen molar-refractivity contribution in [1.29, 1.82) is 0 Å². The van der Waals surface area contributed by atoms with Crippen molar-refractivity contribution in [3.63, 3.8) is 0 Å². The molecule has 0 aliphatic heterocycles. The lowest BCUT2D eigenvalue weighted by molar-refractivity contribution is 0.368. The minimum atomic E-state index is 0.839. The van der Waals surface area contributed by atoms with Crippen LogP contribution < -0.4 is 10.1 Å². The van der Waals surface area contributed by atoms with Crippen LogP contribution in [0.15, 0.2) is 0 Å². The molecule has 0 bridgehead atoms. The monoisotopic (exact) mass is 271 g/mol. The molecule has 0 aliphatic carbocycles. The Hall–Kier alpha value is -0.680. The van der Waals surface area contributed by atoms with Crippen LogP contribution in [0.2, 0.25) is 0 Å². The van der Waals surface area contributed by atoms with Crippen LogP contribution in [0.25, 0.3) is 0 Å². The maximum atomic E-state index is 5.36. The Kier molecular flexibility index (Phi) is 7.20. The first-order valence-corrected chi connectivity index (χ1v) is 7.86. The molecule has 4 nitrogen and oxygen atoms in total. The molecule has 18 heavy (non-hydrogen) atoms. The highest BCUT2D eigenvalue weighted by atomic mass is 32.2. The van der Waals surface area contributed by atoms with E-state index in [1.807, 2.05) is 25.7 Å². The van der Waals surface area contributed by atoms with Crippen molar-refractivity contribution in [3.8, 4) is 5.88 Å². The molecule has 0 radical (unpaired) electrons. The van der Waals surface area contributed by atoms with Gasteiger partial charge in [-0.05, 0) is 38.3 Å². The number of rotatable bonds is 9. The van der Waals surface area contributed by atoms with Gasteiger partial charge in [0.05, 0.1) is 18.4 Å². The fraction of sp³-hybridized carbons (Fsp3) is 0.769. The minimum absolute atomic E-state index is 0.839. The quantitative estimate of drug-likeness (QED) is 0.700. The Balaban J connectivity index is 2.27. The third kappa shape index (κ3) is 4.53. The van der Waals surface area contributed by atoms with E-state index in [4.69, 9.17) is 4.74 Å². The number of ether oxygens (including phenoxy) is 1. The number of nitrogens with one attached hydrogen (secondary N) is 1. The van der Waals surface area contributed by atoms with Crippen LogP contribution in [0.5, 0.6) is 5.88 Å². The van der Waals surface area contributed by atoms with E-state index in [1.54, 1.807) is 11.8 Å². The summed E-state index contributed by atoms with van der Waals surface area (Å²) in [6.07, 6.45) is 6.02. The number of hydrogen-bond acceptors (Lipinski definition) is 4. The summed E-state index contributed by atoms with van der Waals surface area (Å²) in [5.41, 5.74) is 2.22. The standard InChI is InChI=1S/C13H25N3OS/c1-11-12(13(17-3)16(2)15-11)10-14-8-6-5-7-9-18-4/h14H,5-10H2,1-4H3. The van der Waals surface area contributed by atoms with Crippen molar-refractivity contribution in [2.24, 2.45) is 7.05 Å². The largest absolute Gasteiger partial charge is 0.481 e. The number of nitrogens with zero attached hydrogens (tertiary/aromatic N) is 2. The molecule has 0 fully saturated rings. The normalized spacial score (nSPS) is 10.9. The molecular formula is C13H25N3OS. The molecule has 104 valence electrons. The summed E-state index contributed by atoms with van der Waals surface area (Å²) >= 11 is 1.92. The molecule has 0 spiro atoms. The maximum absolute atomic E-state index is 5.36. The van der Waals surface area contributed by atoms with E-state index in [1.165, 1.54) is 30.6 Å². The van der Waals surface area contributed by atoms with Crippen molar-refractivity contribution in [3.05, 3.63) is 11.3 Å². The second-order valence-electron chi connectivity index (χ2n) is 4.43. The molecule has 0 saturated carbocycles. The van der Waals surface area contributed by atoms with Gasteiger partial charge in [-0.1, -0.05) is 6.42 Å². The Morgan fingerprint density at radius 2 is 2.11 bits per heavy atom. The van der Waals surface area contributed by atoms with Gasteiger partial charge in [0.15, 0.2) is 0 Å². The number of aromatic nitrogens is 2. The van der Waals surface area contributed by atoms with Crippen LogP contribution in [0.1, 0.15) is 30.5 Å². The van der Waals surface area contributed by atoms with E-state index in [0.29, 0.717) is 0 Å². The van der Waals surface area contributed by atoms with Gasteiger partial charge in [0.2, 0.25) is 5.88 Å². The van der Waals surface area contributed by atoms with Crippen LogP contribution in [-0.2, 0) is 13.6 Å². The van der Waals surface area contributed by atoms with Gasteiger partial charge in [-0.15, -0.1) is 0 Å². The second-order valence-corrected chi connectivity index (χ2v) is 5.41. The molecule has 0 unspecified atom stereocenters. The van der Waals surface area contributed by atoms with Gasteiger partial charge in [-0.3, -0.25) is 0 Å². The van der Waals surface area contributed by atoms with E-state index in [2.05, 4.69) is 16.7 Å². The molecule has 5 heteroatoms. The third-order valence-electron chi connectivity index (χ3n) is 2.99. The summed E-state index contributed by atoms with van der Waals surface area (Å²) in [4.78, 5) is 0. The lowest BCUT2D eigenvalue weighted by Gasteiger charge is -2.06. The highest BCUT2D eigenvalue weighted by molar-refractivity contribution is 7.98. The predicted molar refractivity (Wildman–Crippen MR) is 78.4 cm³/mol. The topological polar surface area (TPSA) is 39.1 Å². The molecule has 1 aromatic heterocycles. The SMILES string of the molecule is COc1c(CNCCCCCSC)c(C)nn1C. The molecule has 1 aromatic rings. The van der Waals surface area contributed by atoms with Crippen LogP contribution in [0, 0.1) is 6.92 Å². The van der Waals surface area contributed by atoms with Gasteiger partial charge in [-0.25, -0.2) is 4.68 Å². The molecule has 1 heterocycles. The van der Waals surface area contributed by atoms with Crippen molar-refractivity contribution in [2.45, 2.75) is 32.7 Å². The summed E-state index contributed by atoms with van der Waals surface area (Å²) in [7, 11) is 3.61. The van der Waals surface area contributed by atoms with Gasteiger partial charge < -0.3 is 10.1 Å². The molecular weight excluding hydrogens is 246 g/mol. The summed E-state index contributed by atoms with van der Waals surface area (Å²) in [6.45, 7) is 3.93. The number of unbranched alkanes of at least 4 members (excludes halogenated alkanes) is 2. The number of hydrogen-bond donors (Lipinski definition) is 1. The van der Waals surface area contributed by atoms with Crippen molar-refractivity contribution in [2.75, 3.05) is 25.7 Å². The molecule has 1 N–H and O–H groups in total. The summed E-state index contributed by atoms with van der Waals surface area (Å²) in [5, 5.41) is 7.84. The second kappa shape index (κ2) is 8.43. The smallest absolute Gasteiger partial charge is 0.216 e. The lowest BCUT2D eigenvalue weighted by atomic mass is 10.2. The lowest BCUT2D eigenvalue weighted by Crippen LogP contribution is -2.15. The van der Waals surface area contributed by atoms with Gasteiger partial charge in [-0.2, -0.15) is 16.9 Å². The first-order valence-electron chi connectivity index (χ1n) is 6.46. The third-order valence-corrected chi connectivity index (χ3v) is 3.68. The Morgan fingerprint density at radius 3 is 2.78 bits per heavy atom. The van der Waals surface area contributed by atoms with Gasteiger partial charge in [0, 0.05) is 13.6 Å². The zero-order valence-corrected chi connectivity index (χ0v) is 12.8. The summed E-state index contributed by atoms with van der Waals surface area (Å²) in [6, 6.07) is 0. The highest BCUT2D eigenvalue weighted by Gasteiger charge is 2.12. The van der Waals surface area contributed by atoms with Gasteiger partial charge in [0.25, 0.3) is 0 Å². The average Bonchev–Trinajstić information content (AvgIpc) is 2.62. The number of methoxy groups -OCH3 is 1. The molecule has 1 rings (SSSR count). The Bertz CT molecular complexity index is 352. The van der Waals surface area contributed by atoms with E-state index >= 15 is 0 Å². The van der Waals surface area contributed by atoms with Crippen LogP contribution in [0.3, 0.4) is 0 Å². The van der Waals surface area contributed by atoms with Crippen LogP contribution >= 0.6 is 11.8 Å². The minimum Gasteiger partial charge on any atom is -0.481 e. The van der Waals surface area contributed by atoms with Crippen LogP contribution in [0.4, 0.5) is 0 Å². The molecule has 0 saturated heterocycles. The van der Waals surface area contributed by atoms with E-state index < -0.39 is 0 Å². The fourth-order valence-corrected chi connectivity index (χ4v) is 2.52. The van der Waals surface area contributed by atoms with Gasteiger partial charge in [0.1, 0.15) is 0 Å². The zero-order valence-electron chi connectivity index (χ0n) is 12.0. The number of thioether (sulfide) groups is 1. The predicted octanol–water partition coefficient (Wildman–Crippen LogP) is 2.36. The van der Waals surface area contributed by atoms with Crippen molar-refractivity contribution < 1.29 is 4.74 Å². The molecule has 0 atom stereocenters. The maximum Gasteiger partial charge on any atom is 0.216 e. The van der Waals surface area contributed by atoms with E-state index in [0.717, 1.165) is 24.7 Å². The highest BCUT2D eigenvalue weighted by Crippen LogP contribution is 2.20. The van der Waals surface area contributed by atoms with E-state index in [-0.39, 0.29) is 0 Å². The number of aryl methyl sites for hydroxylation is 2. The fourth-order valence-electron chi connectivity index (χ4n) is 2.03. The molecule has 0 amide bonds. The molecule has 0 aliphatic rings. The zero-order chi connectivity index (χ0) is 13.4. The average molecular weight is 271 g/mol. The van der Waals surface area contributed by atoms with Crippen molar-refractivity contribution in [1.82, 2.24) is 15.1 Å². The summed E-state index contributed by atoms with van der Waals surface area (Å²) < 4.78 is 7.16. The van der Waals surface area contributed by atoms with Crippen LogP contribution in [-0.4, -0.2) is 35.4 Å². The Labute approximate surface area is 114 Å². The Morgan fingerprint density at radius 1 is 1.33 bits per heavy atom. The van der Waals surface area contributed by atoms with Gasteiger partial charge >= 0.3 is 0 Å².